The Kier molecular flexibility index (Phi) is 2.23. The van der Waals surface area contributed by atoms with E-state index in [1.807, 2.05) is 0 Å². The highest BCUT2D eigenvalue weighted by molar-refractivity contribution is 5.06. The second-order valence-electron chi connectivity index (χ2n) is 2.97. The molecule has 13 heavy (non-hydrogen) atoms. The molecule has 0 spiro atoms. The monoisotopic (exact) mass is 194 g/mol. The van der Waals surface area contributed by atoms with E-state index in [2.05, 4.69) is 5.10 Å². The van der Waals surface area contributed by atoms with E-state index in [9.17, 15) is 18.0 Å². The number of aromatic nitrogens is 2. The van der Waals surface area contributed by atoms with Gasteiger partial charge in [0.25, 0.3) is 5.56 Å². The maximum Gasteiger partial charge on any atom is 0.433 e. The number of hydrogen-bond acceptors (Lipinski definition) is 1. The second kappa shape index (κ2) is 2.93. The predicted octanol–water partition coefficient (Wildman–Crippen LogP) is 1.78. The van der Waals surface area contributed by atoms with Crippen molar-refractivity contribution in [3.05, 3.63) is 22.1 Å². The third-order valence-electron chi connectivity index (χ3n) is 1.56. The minimum atomic E-state index is -4.48. The van der Waals surface area contributed by atoms with Gasteiger partial charge in [0.05, 0.1) is 0 Å². The van der Waals surface area contributed by atoms with Crippen LogP contribution < -0.4 is 5.56 Å². The molecule has 1 heterocycles. The number of rotatable bonds is 1. The zero-order valence-electron chi connectivity index (χ0n) is 7.14. The molecular formula is C7H9F3N2O. The van der Waals surface area contributed by atoms with Crippen molar-refractivity contribution in [3.8, 4) is 0 Å². The van der Waals surface area contributed by atoms with Crippen LogP contribution in [0.15, 0.2) is 10.9 Å². The van der Waals surface area contributed by atoms with Gasteiger partial charge < -0.3 is 0 Å². The van der Waals surface area contributed by atoms with Gasteiger partial charge in [-0.2, -0.15) is 13.2 Å². The number of nitrogens with one attached hydrogen (secondary N) is 1. The molecule has 0 aliphatic carbocycles. The van der Waals surface area contributed by atoms with Crippen LogP contribution in [0, 0.1) is 0 Å². The molecule has 1 aromatic rings. The van der Waals surface area contributed by atoms with Crippen LogP contribution in [0.3, 0.4) is 0 Å². The first-order chi connectivity index (χ1) is 5.82. The molecule has 0 unspecified atom stereocenters. The SMILES string of the molecule is CC(C)n1[nH]c(=O)cc1C(F)(F)F. The number of aromatic amines is 1. The highest BCUT2D eigenvalue weighted by atomic mass is 19.4. The summed E-state index contributed by atoms with van der Waals surface area (Å²) >= 11 is 0. The first-order valence-electron chi connectivity index (χ1n) is 3.71. The zero-order valence-corrected chi connectivity index (χ0v) is 7.14. The average Bonchev–Trinajstić information content (AvgIpc) is 2.29. The van der Waals surface area contributed by atoms with E-state index in [-0.39, 0.29) is 0 Å². The van der Waals surface area contributed by atoms with Crippen molar-refractivity contribution in [3.63, 3.8) is 0 Å². The molecule has 0 aliphatic heterocycles. The lowest BCUT2D eigenvalue weighted by atomic mass is 10.3. The standard InChI is InChI=1S/C7H9F3N2O/c1-4(2)12-5(7(8,9)10)3-6(13)11-12/h3-4H,1-2H3,(H,11,13). The topological polar surface area (TPSA) is 37.8 Å². The average molecular weight is 194 g/mol. The zero-order chi connectivity index (χ0) is 10.2. The Morgan fingerprint density at radius 1 is 1.46 bits per heavy atom. The van der Waals surface area contributed by atoms with Crippen LogP contribution in [0.2, 0.25) is 0 Å². The number of alkyl halides is 3. The fourth-order valence-corrected chi connectivity index (χ4v) is 1.03. The van der Waals surface area contributed by atoms with Gasteiger partial charge in [-0.05, 0) is 13.8 Å². The van der Waals surface area contributed by atoms with Crippen LogP contribution in [0.1, 0.15) is 25.6 Å². The van der Waals surface area contributed by atoms with Crippen molar-refractivity contribution < 1.29 is 13.2 Å². The fraction of sp³-hybridized carbons (Fsp3) is 0.571. The summed E-state index contributed by atoms with van der Waals surface area (Å²) in [6, 6.07) is 0.138. The summed E-state index contributed by atoms with van der Waals surface area (Å²) in [4.78, 5) is 10.7. The predicted molar refractivity (Wildman–Crippen MR) is 40.4 cm³/mol. The van der Waals surface area contributed by atoms with Gasteiger partial charge in [-0.25, -0.2) is 0 Å². The van der Waals surface area contributed by atoms with Gasteiger partial charge in [-0.15, -0.1) is 0 Å². The van der Waals surface area contributed by atoms with Crippen LogP contribution >= 0.6 is 0 Å². The Morgan fingerprint density at radius 3 is 2.31 bits per heavy atom. The van der Waals surface area contributed by atoms with Crippen molar-refractivity contribution in [2.75, 3.05) is 0 Å². The molecule has 0 aromatic carbocycles. The van der Waals surface area contributed by atoms with Crippen LogP contribution in [-0.2, 0) is 6.18 Å². The van der Waals surface area contributed by atoms with E-state index in [1.54, 1.807) is 13.8 Å². The van der Waals surface area contributed by atoms with Crippen molar-refractivity contribution in [2.45, 2.75) is 26.1 Å². The van der Waals surface area contributed by atoms with Gasteiger partial charge in [-0.3, -0.25) is 14.6 Å². The smallest absolute Gasteiger partial charge is 0.278 e. The molecule has 1 N–H and O–H groups in total. The van der Waals surface area contributed by atoms with E-state index < -0.39 is 23.5 Å². The normalized spacial score (nSPS) is 12.5. The number of H-pyrrole nitrogens is 1. The number of nitrogens with zero attached hydrogens (tertiary/aromatic N) is 1. The fourth-order valence-electron chi connectivity index (χ4n) is 1.03. The molecule has 0 amide bonds. The highest BCUT2D eigenvalue weighted by Crippen LogP contribution is 2.29. The quantitative estimate of drug-likeness (QED) is 0.726. The van der Waals surface area contributed by atoms with Gasteiger partial charge in [0.1, 0.15) is 5.69 Å². The van der Waals surface area contributed by atoms with E-state index in [0.29, 0.717) is 6.07 Å². The maximum atomic E-state index is 12.2. The third-order valence-corrected chi connectivity index (χ3v) is 1.56. The molecule has 0 atom stereocenters. The third kappa shape index (κ3) is 1.93. The van der Waals surface area contributed by atoms with Gasteiger partial charge in [0, 0.05) is 12.1 Å². The molecule has 1 aromatic heterocycles. The second-order valence-corrected chi connectivity index (χ2v) is 2.97. The number of halogens is 3. The van der Waals surface area contributed by atoms with Crippen molar-refractivity contribution in [1.29, 1.82) is 0 Å². The molecule has 0 radical (unpaired) electrons. The Labute approximate surface area is 72.2 Å². The summed E-state index contributed by atoms with van der Waals surface area (Å²) in [5.41, 5.74) is -1.67. The largest absolute Gasteiger partial charge is 0.433 e. The summed E-state index contributed by atoms with van der Waals surface area (Å²) in [5.74, 6) is 0. The summed E-state index contributed by atoms with van der Waals surface area (Å²) in [7, 11) is 0. The van der Waals surface area contributed by atoms with Crippen molar-refractivity contribution in [1.82, 2.24) is 9.78 Å². The van der Waals surface area contributed by atoms with E-state index in [0.717, 1.165) is 4.68 Å². The minimum Gasteiger partial charge on any atom is -0.278 e. The van der Waals surface area contributed by atoms with E-state index in [4.69, 9.17) is 0 Å². The Bertz CT molecular complexity index is 347. The molecule has 0 saturated heterocycles. The lowest BCUT2D eigenvalue weighted by molar-refractivity contribution is -0.144. The van der Waals surface area contributed by atoms with Crippen LogP contribution in [0.5, 0.6) is 0 Å². The van der Waals surface area contributed by atoms with Crippen LogP contribution in [0.4, 0.5) is 13.2 Å². The molecular weight excluding hydrogens is 185 g/mol. The van der Waals surface area contributed by atoms with E-state index >= 15 is 0 Å². The molecule has 74 valence electrons. The first-order valence-corrected chi connectivity index (χ1v) is 3.71. The molecule has 0 aliphatic rings. The lowest BCUT2D eigenvalue weighted by Gasteiger charge is -2.13. The minimum absolute atomic E-state index is 0.417. The Morgan fingerprint density at radius 2 is 2.00 bits per heavy atom. The van der Waals surface area contributed by atoms with Crippen molar-refractivity contribution in [2.24, 2.45) is 0 Å². The Balaban J connectivity index is 3.28. The summed E-state index contributed by atoms with van der Waals surface area (Å²) in [5, 5.41) is 2.09. The molecule has 0 fully saturated rings. The van der Waals surface area contributed by atoms with E-state index in [1.165, 1.54) is 0 Å². The summed E-state index contributed by atoms with van der Waals surface area (Å²) in [6.07, 6.45) is -4.48. The van der Waals surface area contributed by atoms with Crippen LogP contribution in [0.25, 0.3) is 0 Å². The molecule has 1 rings (SSSR count). The summed E-state index contributed by atoms with van der Waals surface area (Å²) in [6.45, 7) is 3.12. The first kappa shape index (κ1) is 9.88. The van der Waals surface area contributed by atoms with Crippen LogP contribution in [-0.4, -0.2) is 9.78 Å². The van der Waals surface area contributed by atoms with Crippen molar-refractivity contribution >= 4 is 0 Å². The van der Waals surface area contributed by atoms with Gasteiger partial charge >= 0.3 is 6.18 Å². The van der Waals surface area contributed by atoms with Gasteiger partial charge in [0.2, 0.25) is 0 Å². The van der Waals surface area contributed by atoms with Gasteiger partial charge in [-0.1, -0.05) is 0 Å². The molecule has 6 heteroatoms. The lowest BCUT2D eigenvalue weighted by Crippen LogP contribution is -2.16. The number of hydrogen-bond donors (Lipinski definition) is 1. The van der Waals surface area contributed by atoms with Gasteiger partial charge in [0.15, 0.2) is 0 Å². The molecule has 0 saturated carbocycles. The molecule has 3 nitrogen and oxygen atoms in total. The summed E-state index contributed by atoms with van der Waals surface area (Å²) < 4.78 is 37.5. The maximum absolute atomic E-state index is 12.2. The molecule has 0 bridgehead atoms. The Hall–Kier alpha value is -1.20. The highest BCUT2D eigenvalue weighted by Gasteiger charge is 2.35.